The molecule has 3 nitrogen and oxygen atoms in total. The van der Waals surface area contributed by atoms with E-state index in [0.29, 0.717) is 4.58 Å². The number of hydrogen-bond donors (Lipinski definition) is 1. The molecule has 0 aliphatic carbocycles. The average Bonchev–Trinajstić information content (AvgIpc) is 2.98. The predicted octanol–water partition coefficient (Wildman–Crippen LogP) is 2.88. The molecule has 1 amide bonds. The molecule has 1 aromatic rings. The van der Waals surface area contributed by atoms with Crippen LogP contribution in [0.5, 0.6) is 0 Å². The van der Waals surface area contributed by atoms with Gasteiger partial charge in [-0.3, -0.25) is 4.79 Å². The molecule has 0 atom stereocenters. The summed E-state index contributed by atoms with van der Waals surface area (Å²) in [5, 5.41) is 3.05. The summed E-state index contributed by atoms with van der Waals surface area (Å²) in [6.07, 6.45) is 0. The lowest BCUT2D eigenvalue weighted by Gasteiger charge is -2.17. The second-order valence-electron chi connectivity index (χ2n) is 4.53. The second kappa shape index (κ2) is 8.82. The minimum atomic E-state index is 0. The van der Waals surface area contributed by atoms with Crippen molar-refractivity contribution in [3.63, 3.8) is 0 Å². The second-order valence-corrected chi connectivity index (χ2v) is 7.25. The Balaban J connectivity index is 0.00000200. The van der Waals surface area contributed by atoms with Gasteiger partial charge >= 0.3 is 0 Å². The molecular formula is C14H21ClN2OS2. The lowest BCUT2D eigenvalue weighted by Crippen LogP contribution is -2.32. The first-order valence-corrected chi connectivity index (χ1v) is 8.55. The van der Waals surface area contributed by atoms with Crippen LogP contribution in [0.1, 0.15) is 20.5 Å². The van der Waals surface area contributed by atoms with Gasteiger partial charge in [-0.2, -0.15) is 0 Å². The van der Waals surface area contributed by atoms with Crippen molar-refractivity contribution in [3.05, 3.63) is 35.4 Å². The fourth-order valence-corrected chi connectivity index (χ4v) is 4.79. The van der Waals surface area contributed by atoms with Crippen LogP contribution in [0.15, 0.2) is 24.3 Å². The molecular weight excluding hydrogens is 312 g/mol. The number of halogens is 1. The number of thioether (sulfide) groups is 2. The number of nitrogens with one attached hydrogen (secondary N) is 1. The van der Waals surface area contributed by atoms with E-state index in [1.54, 1.807) is 4.90 Å². The van der Waals surface area contributed by atoms with Gasteiger partial charge in [0.25, 0.3) is 5.91 Å². The quantitative estimate of drug-likeness (QED) is 0.898. The first kappa shape index (κ1) is 17.7. The lowest BCUT2D eigenvalue weighted by atomic mass is 10.1. The highest BCUT2D eigenvalue weighted by Crippen LogP contribution is 2.45. The third kappa shape index (κ3) is 4.58. The van der Waals surface area contributed by atoms with E-state index in [0.717, 1.165) is 18.7 Å². The zero-order valence-corrected chi connectivity index (χ0v) is 14.2. The van der Waals surface area contributed by atoms with Crippen molar-refractivity contribution in [2.24, 2.45) is 0 Å². The summed E-state index contributed by atoms with van der Waals surface area (Å²) in [7, 11) is 3.74. The molecule has 0 spiro atoms. The summed E-state index contributed by atoms with van der Waals surface area (Å²) < 4.78 is 0.547. The third-order valence-corrected chi connectivity index (χ3v) is 6.20. The molecule has 2 rings (SSSR count). The fraction of sp³-hybridized carbons (Fsp3) is 0.500. The largest absolute Gasteiger partial charge is 0.340 e. The maximum Gasteiger partial charge on any atom is 0.253 e. The average molecular weight is 333 g/mol. The van der Waals surface area contributed by atoms with Crippen molar-refractivity contribution in [1.82, 2.24) is 10.2 Å². The molecule has 112 valence electrons. The smallest absolute Gasteiger partial charge is 0.253 e. The molecule has 0 bridgehead atoms. The molecule has 1 saturated heterocycles. The summed E-state index contributed by atoms with van der Waals surface area (Å²) in [6, 6.07) is 8.09. The van der Waals surface area contributed by atoms with E-state index in [1.807, 2.05) is 49.8 Å². The molecule has 0 aromatic heterocycles. The van der Waals surface area contributed by atoms with Gasteiger partial charge in [-0.25, -0.2) is 0 Å². The van der Waals surface area contributed by atoms with E-state index in [2.05, 4.69) is 17.4 Å². The Kier molecular flexibility index (Phi) is 7.80. The Labute approximate surface area is 135 Å². The number of likely N-dealkylation sites (N-methyl/N-ethyl adjacent to an activating group) is 2. The maximum absolute atomic E-state index is 12.2. The number of amides is 1. The first-order valence-electron chi connectivity index (χ1n) is 6.45. The molecule has 1 heterocycles. The van der Waals surface area contributed by atoms with E-state index in [9.17, 15) is 4.79 Å². The van der Waals surface area contributed by atoms with Crippen LogP contribution in [0.3, 0.4) is 0 Å². The molecule has 0 unspecified atom stereocenters. The van der Waals surface area contributed by atoms with E-state index >= 15 is 0 Å². The molecule has 0 saturated carbocycles. The third-order valence-electron chi connectivity index (χ3n) is 3.10. The van der Waals surface area contributed by atoms with Crippen LogP contribution in [0, 0.1) is 0 Å². The van der Waals surface area contributed by atoms with E-state index in [-0.39, 0.29) is 18.3 Å². The molecule has 1 aliphatic rings. The standard InChI is InChI=1S/C14H20N2OS2.ClH/c1-15-7-8-16(2)13(17)11-3-5-12(6-4-11)14-18-9-10-19-14;/h3-6,14-15H,7-10H2,1-2H3;1H. The van der Waals surface area contributed by atoms with Gasteiger partial charge in [0.2, 0.25) is 0 Å². The van der Waals surface area contributed by atoms with Gasteiger partial charge in [-0.1, -0.05) is 12.1 Å². The lowest BCUT2D eigenvalue weighted by molar-refractivity contribution is 0.0797. The normalized spacial score (nSPS) is 14.9. The molecule has 1 aromatic carbocycles. The monoisotopic (exact) mass is 332 g/mol. The predicted molar refractivity (Wildman–Crippen MR) is 92.2 cm³/mol. The van der Waals surface area contributed by atoms with Crippen LogP contribution >= 0.6 is 35.9 Å². The highest BCUT2D eigenvalue weighted by atomic mass is 35.5. The van der Waals surface area contributed by atoms with Crippen LogP contribution in [0.25, 0.3) is 0 Å². The van der Waals surface area contributed by atoms with E-state index in [4.69, 9.17) is 0 Å². The fourth-order valence-electron chi connectivity index (χ4n) is 1.94. The Hall–Kier alpha value is -0.360. The number of rotatable bonds is 5. The van der Waals surface area contributed by atoms with Crippen LogP contribution in [0.4, 0.5) is 0 Å². The maximum atomic E-state index is 12.2. The SMILES string of the molecule is CNCCN(C)C(=O)c1ccc(C2SCCS2)cc1.Cl. The minimum absolute atomic E-state index is 0. The van der Waals surface area contributed by atoms with Crippen molar-refractivity contribution in [2.45, 2.75) is 4.58 Å². The first-order chi connectivity index (χ1) is 9.22. The number of carbonyl (C=O) groups excluding carboxylic acids is 1. The Morgan fingerprint density at radius 3 is 2.45 bits per heavy atom. The molecule has 0 radical (unpaired) electrons. The Morgan fingerprint density at radius 2 is 1.90 bits per heavy atom. The number of nitrogens with zero attached hydrogens (tertiary/aromatic N) is 1. The van der Waals surface area contributed by atoms with Crippen molar-refractivity contribution in [3.8, 4) is 0 Å². The molecule has 1 fully saturated rings. The number of benzene rings is 1. The molecule has 1 N–H and O–H groups in total. The minimum Gasteiger partial charge on any atom is -0.340 e. The van der Waals surface area contributed by atoms with Crippen molar-refractivity contribution >= 4 is 41.8 Å². The number of carbonyl (C=O) groups is 1. The number of hydrogen-bond acceptors (Lipinski definition) is 4. The summed E-state index contributed by atoms with van der Waals surface area (Å²) in [5.41, 5.74) is 2.09. The van der Waals surface area contributed by atoms with E-state index in [1.165, 1.54) is 17.1 Å². The topological polar surface area (TPSA) is 32.3 Å². The summed E-state index contributed by atoms with van der Waals surface area (Å²) in [4.78, 5) is 13.9. The van der Waals surface area contributed by atoms with Gasteiger partial charge in [0.1, 0.15) is 0 Å². The van der Waals surface area contributed by atoms with Crippen LogP contribution in [0.2, 0.25) is 0 Å². The van der Waals surface area contributed by atoms with Gasteiger partial charge in [-0.15, -0.1) is 35.9 Å². The van der Waals surface area contributed by atoms with Gasteiger partial charge in [-0.05, 0) is 24.7 Å². The van der Waals surface area contributed by atoms with Crippen molar-refractivity contribution < 1.29 is 4.79 Å². The highest BCUT2D eigenvalue weighted by Gasteiger charge is 2.18. The van der Waals surface area contributed by atoms with Crippen LogP contribution in [-0.2, 0) is 0 Å². The molecule has 6 heteroatoms. The summed E-state index contributed by atoms with van der Waals surface area (Å²) >= 11 is 3.97. The highest BCUT2D eigenvalue weighted by molar-refractivity contribution is 8.19. The summed E-state index contributed by atoms with van der Waals surface area (Å²) in [5.74, 6) is 2.54. The van der Waals surface area contributed by atoms with Crippen molar-refractivity contribution in [1.29, 1.82) is 0 Å². The van der Waals surface area contributed by atoms with E-state index < -0.39 is 0 Å². The molecule has 1 aliphatic heterocycles. The van der Waals surface area contributed by atoms with Crippen LogP contribution in [-0.4, -0.2) is 49.5 Å². The van der Waals surface area contributed by atoms with Crippen LogP contribution < -0.4 is 5.32 Å². The zero-order chi connectivity index (χ0) is 13.7. The van der Waals surface area contributed by atoms with Gasteiger partial charge < -0.3 is 10.2 Å². The Bertz CT molecular complexity index is 422. The zero-order valence-electron chi connectivity index (χ0n) is 11.8. The van der Waals surface area contributed by atoms with Crippen molar-refractivity contribution in [2.75, 3.05) is 38.7 Å². The Morgan fingerprint density at radius 1 is 1.30 bits per heavy atom. The summed E-state index contributed by atoms with van der Waals surface area (Å²) in [6.45, 7) is 1.54. The molecule has 20 heavy (non-hydrogen) atoms. The van der Waals surface area contributed by atoms with Gasteiger partial charge in [0.05, 0.1) is 4.58 Å². The van der Waals surface area contributed by atoms with Gasteiger partial charge in [0, 0.05) is 37.2 Å². The van der Waals surface area contributed by atoms with Gasteiger partial charge in [0.15, 0.2) is 0 Å².